The van der Waals surface area contributed by atoms with Crippen LogP contribution in [0.3, 0.4) is 0 Å². The molecule has 176 valence electrons. The van der Waals surface area contributed by atoms with Crippen LogP contribution in [0, 0.1) is 5.82 Å². The molecule has 0 atom stereocenters. The molecule has 0 spiro atoms. The maximum atomic E-state index is 13.9. The number of halogens is 2. The number of piperazine rings is 1. The van der Waals surface area contributed by atoms with Crippen molar-refractivity contribution in [3.8, 4) is 22.9 Å². The zero-order chi connectivity index (χ0) is 23.3. The number of rotatable bonds is 8. The van der Waals surface area contributed by atoms with Crippen LogP contribution in [0.5, 0.6) is 11.6 Å². The molecule has 0 unspecified atom stereocenters. The highest BCUT2D eigenvalue weighted by Gasteiger charge is 2.18. The van der Waals surface area contributed by atoms with E-state index < -0.39 is 0 Å². The summed E-state index contributed by atoms with van der Waals surface area (Å²) in [5.74, 6) is 0.462. The Labute approximate surface area is 196 Å². The molecule has 1 aliphatic heterocycles. The highest BCUT2D eigenvalue weighted by atomic mass is 19.3. The highest BCUT2D eigenvalue weighted by molar-refractivity contribution is 5.64. The Kier molecular flexibility index (Phi) is 6.64. The van der Waals surface area contributed by atoms with E-state index in [1.54, 1.807) is 35.0 Å². The summed E-state index contributed by atoms with van der Waals surface area (Å²) in [6.07, 6.45) is 1.68. The molecule has 0 N–H and O–H groups in total. The monoisotopic (exact) mass is 465 g/mol. The number of aromatic nitrogens is 3. The van der Waals surface area contributed by atoms with Gasteiger partial charge in [0.1, 0.15) is 12.4 Å². The fourth-order valence-electron chi connectivity index (χ4n) is 4.15. The summed E-state index contributed by atoms with van der Waals surface area (Å²) in [5, 5.41) is 4.55. The van der Waals surface area contributed by atoms with E-state index in [-0.39, 0.29) is 11.6 Å². The first-order valence-electron chi connectivity index (χ1n) is 11.2. The van der Waals surface area contributed by atoms with E-state index in [1.165, 1.54) is 12.1 Å². The van der Waals surface area contributed by atoms with Crippen LogP contribution in [0.15, 0.2) is 66.9 Å². The molecule has 1 saturated heterocycles. The molecule has 1 aliphatic rings. The van der Waals surface area contributed by atoms with Crippen LogP contribution in [0.4, 0.5) is 8.92 Å². The van der Waals surface area contributed by atoms with Gasteiger partial charge in [0.05, 0.1) is 11.9 Å². The molecule has 0 saturated carbocycles. The van der Waals surface area contributed by atoms with Gasteiger partial charge < -0.3 is 4.74 Å². The quantitative estimate of drug-likeness (QED) is 0.392. The lowest BCUT2D eigenvalue weighted by Gasteiger charge is -2.34. The Hall–Kier alpha value is -3.56. The Morgan fingerprint density at radius 1 is 0.912 bits per heavy atom. The molecular weight excluding hydrogens is 440 g/mol. The lowest BCUT2D eigenvalue weighted by molar-refractivity contribution is -0.00614. The topological polar surface area (TPSA) is 55.1 Å². The Morgan fingerprint density at radius 2 is 1.74 bits per heavy atom. The molecule has 3 heterocycles. The normalized spacial score (nSPS) is 15.0. The summed E-state index contributed by atoms with van der Waals surface area (Å²) in [6.45, 7) is 5.50. The van der Waals surface area contributed by atoms with Crippen LogP contribution >= 0.6 is 0 Å². The maximum absolute atomic E-state index is 13.9. The summed E-state index contributed by atoms with van der Waals surface area (Å²) in [5.41, 5.74) is 2.86. The second-order valence-electron chi connectivity index (χ2n) is 8.25. The molecule has 0 radical (unpaired) electrons. The number of ether oxygens (including phenoxy) is 1. The van der Waals surface area contributed by atoms with E-state index in [0.717, 1.165) is 43.9 Å². The summed E-state index contributed by atoms with van der Waals surface area (Å²) in [4.78, 5) is 12.8. The van der Waals surface area contributed by atoms with E-state index >= 15 is 0 Å². The van der Waals surface area contributed by atoms with E-state index in [4.69, 9.17) is 4.74 Å². The zero-order valence-electron chi connectivity index (χ0n) is 18.6. The van der Waals surface area contributed by atoms with Crippen molar-refractivity contribution >= 4 is 5.65 Å². The Morgan fingerprint density at radius 3 is 2.56 bits per heavy atom. The predicted molar refractivity (Wildman–Crippen MR) is 124 cm³/mol. The summed E-state index contributed by atoms with van der Waals surface area (Å²) >= 11 is 0. The van der Waals surface area contributed by atoms with Crippen LogP contribution in [0.2, 0.25) is 0 Å². The van der Waals surface area contributed by atoms with Gasteiger partial charge in [-0.2, -0.15) is 0 Å². The van der Waals surface area contributed by atoms with Gasteiger partial charge in [-0.25, -0.2) is 13.9 Å². The van der Waals surface area contributed by atoms with E-state index in [1.807, 2.05) is 24.3 Å². The fourth-order valence-corrected chi connectivity index (χ4v) is 4.15. The second kappa shape index (κ2) is 10.1. The minimum absolute atomic E-state index is 0.119. The van der Waals surface area contributed by atoms with Crippen LogP contribution in [-0.4, -0.2) is 63.7 Å². The van der Waals surface area contributed by atoms with Gasteiger partial charge in [0.25, 0.3) is 0 Å². The number of imidazole rings is 1. The third-order valence-electron chi connectivity index (χ3n) is 6.03. The fraction of sp³-hybridized carbons (Fsp3) is 0.280. The maximum Gasteiger partial charge on any atom is 0.231 e. The van der Waals surface area contributed by atoms with Crippen molar-refractivity contribution in [3.63, 3.8) is 0 Å². The molecular formula is C25H25F2N5O2. The van der Waals surface area contributed by atoms with Gasteiger partial charge in [-0.15, -0.1) is 5.10 Å². The van der Waals surface area contributed by atoms with Crippen molar-refractivity contribution in [2.24, 2.45) is 0 Å². The molecule has 5 rings (SSSR count). The molecule has 0 aliphatic carbocycles. The molecule has 7 nitrogen and oxygen atoms in total. The van der Waals surface area contributed by atoms with Gasteiger partial charge >= 0.3 is 0 Å². The van der Waals surface area contributed by atoms with E-state index in [9.17, 15) is 8.92 Å². The van der Waals surface area contributed by atoms with E-state index in [2.05, 4.69) is 24.8 Å². The predicted octanol–water partition coefficient (Wildman–Crippen LogP) is 4.00. The zero-order valence-corrected chi connectivity index (χ0v) is 18.6. The molecule has 0 amide bonds. The van der Waals surface area contributed by atoms with Gasteiger partial charge in [0.2, 0.25) is 5.88 Å². The van der Waals surface area contributed by atoms with Gasteiger partial charge in [0, 0.05) is 61.0 Å². The smallest absolute Gasteiger partial charge is 0.231 e. The number of benzene rings is 2. The third-order valence-corrected chi connectivity index (χ3v) is 6.03. The number of hydrogen-bond acceptors (Lipinski definition) is 6. The number of fused-ring (bicyclic) bond motifs is 1. The van der Waals surface area contributed by atoms with Crippen molar-refractivity contribution in [3.05, 3.63) is 78.2 Å². The van der Waals surface area contributed by atoms with Crippen LogP contribution in [-0.2, 0) is 6.54 Å². The van der Waals surface area contributed by atoms with Gasteiger partial charge in [-0.05, 0) is 24.3 Å². The van der Waals surface area contributed by atoms with Crippen LogP contribution in [0.25, 0.3) is 16.9 Å². The minimum Gasteiger partial charge on any atom is -0.475 e. The van der Waals surface area contributed by atoms with Gasteiger partial charge in [0.15, 0.2) is 11.4 Å². The summed E-state index contributed by atoms with van der Waals surface area (Å²) in [7, 11) is 0. The van der Waals surface area contributed by atoms with Crippen molar-refractivity contribution in [2.75, 3.05) is 39.3 Å². The summed E-state index contributed by atoms with van der Waals surface area (Å²) in [6, 6.07) is 17.2. The minimum atomic E-state index is -0.146. The molecule has 1 fully saturated rings. The van der Waals surface area contributed by atoms with Crippen molar-refractivity contribution in [1.29, 1.82) is 0 Å². The average Bonchev–Trinajstić information content (AvgIpc) is 3.30. The first-order chi connectivity index (χ1) is 16.7. The number of nitrogens with zero attached hydrogens (tertiary/aromatic N) is 5. The van der Waals surface area contributed by atoms with Crippen molar-refractivity contribution in [1.82, 2.24) is 24.4 Å². The highest BCUT2D eigenvalue weighted by Crippen LogP contribution is 2.25. The largest absolute Gasteiger partial charge is 0.475 e. The van der Waals surface area contributed by atoms with Gasteiger partial charge in [-0.1, -0.05) is 30.3 Å². The van der Waals surface area contributed by atoms with Crippen molar-refractivity contribution in [2.45, 2.75) is 6.54 Å². The van der Waals surface area contributed by atoms with Crippen LogP contribution in [0.1, 0.15) is 5.56 Å². The molecule has 2 aromatic carbocycles. The summed E-state index contributed by atoms with van der Waals surface area (Å²) < 4.78 is 34.1. The molecule has 2 aromatic heterocycles. The van der Waals surface area contributed by atoms with Crippen LogP contribution < -0.4 is 9.68 Å². The second-order valence-corrected chi connectivity index (χ2v) is 8.25. The molecule has 34 heavy (non-hydrogen) atoms. The molecule has 9 heteroatoms. The van der Waals surface area contributed by atoms with E-state index in [0.29, 0.717) is 30.4 Å². The SMILES string of the molecule is FOc1cccc(-c2cnc3ccc(OCCN4CCN(Cc5ccccc5F)CC4)nn23)c1. The number of hydrogen-bond donors (Lipinski definition) is 0. The van der Waals surface area contributed by atoms with Gasteiger partial charge in [-0.3, -0.25) is 14.7 Å². The molecule has 0 bridgehead atoms. The third kappa shape index (κ3) is 5.00. The first-order valence-corrected chi connectivity index (χ1v) is 11.2. The Balaban J connectivity index is 1.15. The molecule has 4 aromatic rings. The Bertz CT molecular complexity index is 1260. The average molecular weight is 466 g/mol. The van der Waals surface area contributed by atoms with Crippen molar-refractivity contribution < 1.29 is 18.6 Å². The lowest BCUT2D eigenvalue weighted by atomic mass is 10.1. The first kappa shape index (κ1) is 22.2. The standard InChI is InChI=1S/C25H25F2N5O2/c26-22-7-2-1-4-20(22)18-31-12-10-30(11-13-31)14-15-33-25-9-8-24-28-17-23(32(24)29-25)19-5-3-6-21(16-19)34-27/h1-9,16-17H,10-15,18H2. The lowest BCUT2D eigenvalue weighted by Crippen LogP contribution is -2.47.